The van der Waals surface area contributed by atoms with E-state index >= 15 is 0 Å². The molecule has 0 saturated carbocycles. The molecule has 3 aromatic rings. The lowest BCUT2D eigenvalue weighted by molar-refractivity contribution is -0.113. The van der Waals surface area contributed by atoms with Crippen molar-refractivity contribution in [2.45, 2.75) is 38.9 Å². The molecule has 10 heteroatoms. The average molecular weight is 395 g/mol. The Morgan fingerprint density at radius 1 is 1.28 bits per heavy atom. The zero-order valence-corrected chi connectivity index (χ0v) is 16.6. The monoisotopic (exact) mass is 394 g/mol. The standard InChI is InChI=1S/C15H18N6OS3/c1-4-5-21-13(11-6-9(2)23-7-11)18-20-15(21)24-8-12(22)16-14-19-17-10(3)25-14/h6-7H,4-5,8H2,1-3H3,(H,16,19,22). The van der Waals surface area contributed by atoms with Crippen LogP contribution in [0.25, 0.3) is 11.4 Å². The van der Waals surface area contributed by atoms with E-state index in [-0.39, 0.29) is 11.7 Å². The van der Waals surface area contributed by atoms with E-state index in [1.807, 2.05) is 6.92 Å². The number of anilines is 1. The van der Waals surface area contributed by atoms with Crippen molar-refractivity contribution >= 4 is 45.5 Å². The van der Waals surface area contributed by atoms with Gasteiger partial charge in [-0.2, -0.15) is 0 Å². The van der Waals surface area contributed by atoms with Gasteiger partial charge in [-0.05, 0) is 26.3 Å². The van der Waals surface area contributed by atoms with Gasteiger partial charge in [0.05, 0.1) is 5.75 Å². The molecule has 3 heterocycles. The van der Waals surface area contributed by atoms with Crippen molar-refractivity contribution in [2.75, 3.05) is 11.1 Å². The summed E-state index contributed by atoms with van der Waals surface area (Å²) in [5.41, 5.74) is 1.07. The number of amides is 1. The number of nitrogens with zero attached hydrogens (tertiary/aromatic N) is 5. The topological polar surface area (TPSA) is 85.6 Å². The third-order valence-electron chi connectivity index (χ3n) is 3.26. The molecule has 3 rings (SSSR count). The number of aryl methyl sites for hydroxylation is 2. The van der Waals surface area contributed by atoms with E-state index in [9.17, 15) is 4.79 Å². The predicted molar refractivity (Wildman–Crippen MR) is 102 cm³/mol. The second kappa shape index (κ2) is 8.07. The van der Waals surface area contributed by atoms with Crippen molar-refractivity contribution in [1.82, 2.24) is 25.0 Å². The Morgan fingerprint density at radius 2 is 2.12 bits per heavy atom. The molecule has 3 aromatic heterocycles. The highest BCUT2D eigenvalue weighted by Gasteiger charge is 2.16. The van der Waals surface area contributed by atoms with Gasteiger partial charge in [-0.1, -0.05) is 30.0 Å². The Balaban J connectivity index is 1.69. The molecular weight excluding hydrogens is 376 g/mol. The first-order valence-electron chi connectivity index (χ1n) is 7.78. The number of carbonyl (C=O) groups excluding carboxylic acids is 1. The van der Waals surface area contributed by atoms with E-state index in [1.54, 1.807) is 11.3 Å². The third kappa shape index (κ3) is 4.44. The molecule has 1 N–H and O–H groups in total. The van der Waals surface area contributed by atoms with Crippen LogP contribution in [-0.4, -0.2) is 36.6 Å². The van der Waals surface area contributed by atoms with Gasteiger partial charge in [0.15, 0.2) is 11.0 Å². The van der Waals surface area contributed by atoms with Gasteiger partial charge in [-0.15, -0.1) is 31.7 Å². The number of thioether (sulfide) groups is 1. The van der Waals surface area contributed by atoms with E-state index in [1.165, 1.54) is 28.0 Å². The molecular formula is C15H18N6OS3. The molecule has 0 aliphatic heterocycles. The highest BCUT2D eigenvalue weighted by Crippen LogP contribution is 2.28. The molecule has 0 spiro atoms. The normalized spacial score (nSPS) is 11.0. The smallest absolute Gasteiger partial charge is 0.236 e. The molecule has 0 unspecified atom stereocenters. The quantitative estimate of drug-likeness (QED) is 0.616. The zero-order chi connectivity index (χ0) is 17.8. The summed E-state index contributed by atoms with van der Waals surface area (Å²) in [6, 6.07) is 2.11. The molecule has 7 nitrogen and oxygen atoms in total. The highest BCUT2D eigenvalue weighted by atomic mass is 32.2. The lowest BCUT2D eigenvalue weighted by atomic mass is 10.3. The fourth-order valence-corrected chi connectivity index (χ4v) is 4.28. The fraction of sp³-hybridized carbons (Fsp3) is 0.400. The van der Waals surface area contributed by atoms with E-state index < -0.39 is 0 Å². The van der Waals surface area contributed by atoms with Crippen LogP contribution in [0.15, 0.2) is 16.6 Å². The van der Waals surface area contributed by atoms with Crippen molar-refractivity contribution < 1.29 is 4.79 Å². The summed E-state index contributed by atoms with van der Waals surface area (Å²) < 4.78 is 2.08. The number of rotatable bonds is 7. The van der Waals surface area contributed by atoms with E-state index in [2.05, 4.69) is 55.6 Å². The predicted octanol–water partition coefficient (Wildman–Crippen LogP) is 3.62. The maximum Gasteiger partial charge on any atom is 0.236 e. The summed E-state index contributed by atoms with van der Waals surface area (Å²) in [5.74, 6) is 0.984. The number of hydrogen-bond donors (Lipinski definition) is 1. The summed E-state index contributed by atoms with van der Waals surface area (Å²) in [6.45, 7) is 6.85. The molecule has 0 radical (unpaired) electrons. The van der Waals surface area contributed by atoms with Crippen molar-refractivity contribution in [1.29, 1.82) is 0 Å². The summed E-state index contributed by atoms with van der Waals surface area (Å²) in [6.07, 6.45) is 0.970. The van der Waals surface area contributed by atoms with Crippen LogP contribution >= 0.6 is 34.4 Å². The highest BCUT2D eigenvalue weighted by molar-refractivity contribution is 7.99. The maximum absolute atomic E-state index is 12.1. The summed E-state index contributed by atoms with van der Waals surface area (Å²) in [4.78, 5) is 13.3. The molecule has 0 atom stereocenters. The molecule has 0 aliphatic carbocycles. The van der Waals surface area contributed by atoms with Crippen LogP contribution < -0.4 is 5.32 Å². The Morgan fingerprint density at radius 3 is 2.76 bits per heavy atom. The largest absolute Gasteiger partial charge is 0.302 e. The van der Waals surface area contributed by atoms with Gasteiger partial charge in [-0.25, -0.2) is 0 Å². The molecule has 0 aliphatic rings. The number of carbonyl (C=O) groups is 1. The van der Waals surface area contributed by atoms with Gasteiger partial charge in [0.1, 0.15) is 5.01 Å². The average Bonchev–Trinajstić information content (AvgIpc) is 3.27. The Kier molecular flexibility index (Phi) is 5.82. The third-order valence-corrected chi connectivity index (χ3v) is 5.84. The second-order valence-electron chi connectivity index (χ2n) is 5.37. The summed E-state index contributed by atoms with van der Waals surface area (Å²) >= 11 is 4.43. The van der Waals surface area contributed by atoms with Gasteiger partial charge in [0.2, 0.25) is 11.0 Å². The first kappa shape index (κ1) is 18.0. The molecule has 132 valence electrons. The van der Waals surface area contributed by atoms with Crippen LogP contribution in [0.4, 0.5) is 5.13 Å². The lowest BCUT2D eigenvalue weighted by Gasteiger charge is -2.07. The summed E-state index contributed by atoms with van der Waals surface area (Å²) in [7, 11) is 0. The van der Waals surface area contributed by atoms with E-state index in [4.69, 9.17) is 0 Å². The molecule has 0 aromatic carbocycles. The summed E-state index contributed by atoms with van der Waals surface area (Å²) in [5, 5.41) is 23.3. The first-order valence-corrected chi connectivity index (χ1v) is 10.5. The van der Waals surface area contributed by atoms with Crippen LogP contribution in [0.5, 0.6) is 0 Å². The van der Waals surface area contributed by atoms with E-state index in [0.29, 0.717) is 5.13 Å². The Hall–Kier alpha value is -1.78. The van der Waals surface area contributed by atoms with Gasteiger partial charge < -0.3 is 4.57 Å². The minimum atomic E-state index is -0.125. The van der Waals surface area contributed by atoms with E-state index in [0.717, 1.165) is 34.5 Å². The lowest BCUT2D eigenvalue weighted by Crippen LogP contribution is -2.14. The van der Waals surface area contributed by atoms with Crippen LogP contribution in [0, 0.1) is 13.8 Å². The Labute approximate surface area is 157 Å². The molecule has 1 amide bonds. The van der Waals surface area contributed by atoms with Gasteiger partial charge in [0, 0.05) is 22.4 Å². The van der Waals surface area contributed by atoms with Crippen molar-refractivity contribution in [3.05, 3.63) is 21.3 Å². The molecule has 0 bridgehead atoms. The number of aromatic nitrogens is 5. The number of thiophene rings is 1. The Bertz CT molecular complexity index is 868. The molecule has 25 heavy (non-hydrogen) atoms. The fourth-order valence-electron chi connectivity index (χ4n) is 2.23. The number of nitrogens with one attached hydrogen (secondary N) is 1. The second-order valence-corrected chi connectivity index (χ2v) is 8.61. The maximum atomic E-state index is 12.1. The minimum absolute atomic E-state index is 0.125. The van der Waals surface area contributed by atoms with Gasteiger partial charge in [-0.3, -0.25) is 10.1 Å². The molecule has 0 saturated heterocycles. The molecule has 0 fully saturated rings. The van der Waals surface area contributed by atoms with Crippen LogP contribution in [0.2, 0.25) is 0 Å². The van der Waals surface area contributed by atoms with Crippen molar-refractivity contribution in [3.8, 4) is 11.4 Å². The SMILES string of the molecule is CCCn1c(SCC(=O)Nc2nnc(C)s2)nnc1-c1csc(C)c1. The van der Waals surface area contributed by atoms with Crippen LogP contribution in [0.1, 0.15) is 23.2 Å². The van der Waals surface area contributed by atoms with Gasteiger partial charge in [0.25, 0.3) is 0 Å². The number of hydrogen-bond acceptors (Lipinski definition) is 8. The zero-order valence-electron chi connectivity index (χ0n) is 14.1. The van der Waals surface area contributed by atoms with Gasteiger partial charge >= 0.3 is 0 Å². The minimum Gasteiger partial charge on any atom is -0.302 e. The van der Waals surface area contributed by atoms with Crippen LogP contribution in [0.3, 0.4) is 0 Å². The first-order chi connectivity index (χ1) is 12.1. The van der Waals surface area contributed by atoms with Crippen LogP contribution in [-0.2, 0) is 11.3 Å². The van der Waals surface area contributed by atoms with Crippen molar-refractivity contribution in [3.63, 3.8) is 0 Å². The van der Waals surface area contributed by atoms with Crippen molar-refractivity contribution in [2.24, 2.45) is 0 Å².